The maximum atomic E-state index is 12.3. The maximum absolute atomic E-state index is 12.3. The Morgan fingerprint density at radius 1 is 1.19 bits per heavy atom. The Balaban J connectivity index is 1.47. The highest BCUT2D eigenvalue weighted by Crippen LogP contribution is 2.15. The van der Waals surface area contributed by atoms with Crippen molar-refractivity contribution in [3.05, 3.63) is 29.8 Å². The van der Waals surface area contributed by atoms with E-state index in [1.54, 1.807) is 12.1 Å². The molecule has 3 rings (SSSR count). The van der Waals surface area contributed by atoms with Gasteiger partial charge < -0.3 is 15.4 Å². The van der Waals surface area contributed by atoms with E-state index in [-0.39, 0.29) is 23.5 Å². The third-order valence-corrected chi connectivity index (χ3v) is 6.63. The van der Waals surface area contributed by atoms with Crippen LogP contribution in [0.1, 0.15) is 42.5 Å². The van der Waals surface area contributed by atoms with Gasteiger partial charge in [-0.2, -0.15) is 0 Å². The predicted molar refractivity (Wildman–Crippen MR) is 103 cm³/mol. The first-order valence-corrected chi connectivity index (χ1v) is 11.2. The normalized spacial score (nSPS) is 23.3. The average molecular weight is 396 g/mol. The van der Waals surface area contributed by atoms with Gasteiger partial charge in [0.25, 0.3) is 5.91 Å². The van der Waals surface area contributed by atoms with Crippen molar-refractivity contribution < 1.29 is 17.9 Å². The summed E-state index contributed by atoms with van der Waals surface area (Å²) in [4.78, 5) is 12.4. The highest BCUT2D eigenvalue weighted by Gasteiger charge is 2.20. The topological polar surface area (TPSA) is 96.5 Å². The van der Waals surface area contributed by atoms with E-state index in [1.165, 1.54) is 25.0 Å². The van der Waals surface area contributed by atoms with Gasteiger partial charge in [0, 0.05) is 25.3 Å². The summed E-state index contributed by atoms with van der Waals surface area (Å²) in [5.41, 5.74) is 0.467. The van der Waals surface area contributed by atoms with Gasteiger partial charge in [0.15, 0.2) is 0 Å². The first-order chi connectivity index (χ1) is 13.0. The van der Waals surface area contributed by atoms with Gasteiger partial charge in [-0.25, -0.2) is 13.1 Å². The van der Waals surface area contributed by atoms with Crippen molar-refractivity contribution in [3.63, 3.8) is 0 Å². The molecule has 1 aromatic carbocycles. The molecule has 2 aliphatic heterocycles. The fourth-order valence-electron chi connectivity index (χ4n) is 3.54. The van der Waals surface area contributed by atoms with Crippen LogP contribution in [0.15, 0.2) is 29.2 Å². The number of hydrogen-bond acceptors (Lipinski definition) is 5. The van der Waals surface area contributed by atoms with E-state index < -0.39 is 10.0 Å². The van der Waals surface area contributed by atoms with Crippen molar-refractivity contribution >= 4 is 15.9 Å². The van der Waals surface area contributed by atoms with Crippen LogP contribution < -0.4 is 15.4 Å². The largest absolute Gasteiger partial charge is 0.377 e. The zero-order valence-electron chi connectivity index (χ0n) is 15.6. The standard InChI is InChI=1S/C19H29N3O4S/c23-19(21-11-9-15-3-1-10-20-13-15)16-5-7-18(8-6-16)27(24,25)22-14-17-4-2-12-26-17/h5-8,15,17,20,22H,1-4,9-14H2,(H,21,23). The Labute approximate surface area is 161 Å². The molecular weight excluding hydrogens is 366 g/mol. The zero-order valence-corrected chi connectivity index (χ0v) is 16.4. The van der Waals surface area contributed by atoms with Gasteiger partial charge in [0.1, 0.15) is 0 Å². The number of amides is 1. The molecule has 0 aromatic heterocycles. The summed E-state index contributed by atoms with van der Waals surface area (Å²) in [6.45, 7) is 3.70. The molecule has 3 N–H and O–H groups in total. The highest BCUT2D eigenvalue weighted by molar-refractivity contribution is 7.89. The third-order valence-electron chi connectivity index (χ3n) is 5.19. The fraction of sp³-hybridized carbons (Fsp3) is 0.632. The molecule has 150 valence electrons. The molecule has 0 saturated carbocycles. The number of hydrogen-bond donors (Lipinski definition) is 3. The van der Waals surface area contributed by atoms with Crippen LogP contribution in [-0.2, 0) is 14.8 Å². The van der Waals surface area contributed by atoms with Crippen LogP contribution >= 0.6 is 0 Å². The fourth-order valence-corrected chi connectivity index (χ4v) is 4.61. The van der Waals surface area contributed by atoms with Crippen molar-refractivity contribution in [2.75, 3.05) is 32.8 Å². The number of rotatable bonds is 8. The SMILES string of the molecule is O=C(NCCC1CCCNC1)c1ccc(S(=O)(=O)NCC2CCCO2)cc1. The number of sulfonamides is 1. The number of benzene rings is 1. The molecule has 7 nitrogen and oxygen atoms in total. The van der Waals surface area contributed by atoms with Crippen molar-refractivity contribution in [1.29, 1.82) is 0 Å². The second-order valence-electron chi connectivity index (χ2n) is 7.27. The lowest BCUT2D eigenvalue weighted by molar-refractivity contribution is 0.0950. The van der Waals surface area contributed by atoms with Gasteiger partial charge >= 0.3 is 0 Å². The molecule has 1 amide bonds. The highest BCUT2D eigenvalue weighted by atomic mass is 32.2. The number of nitrogens with one attached hydrogen (secondary N) is 3. The minimum atomic E-state index is -3.59. The summed E-state index contributed by atoms with van der Waals surface area (Å²) in [7, 11) is -3.59. The lowest BCUT2D eigenvalue weighted by Gasteiger charge is -2.22. The number of piperidine rings is 1. The number of ether oxygens (including phenoxy) is 1. The van der Waals surface area contributed by atoms with Crippen molar-refractivity contribution in [1.82, 2.24) is 15.4 Å². The first-order valence-electron chi connectivity index (χ1n) is 9.75. The summed E-state index contributed by atoms with van der Waals surface area (Å²) in [5.74, 6) is 0.441. The van der Waals surface area contributed by atoms with Gasteiger partial charge in [0.2, 0.25) is 10.0 Å². The molecule has 2 atom stereocenters. The summed E-state index contributed by atoms with van der Waals surface area (Å²) in [6.07, 6.45) is 5.14. The van der Waals surface area contributed by atoms with Gasteiger partial charge in [-0.3, -0.25) is 4.79 Å². The first kappa shape index (κ1) is 20.3. The molecule has 0 aliphatic carbocycles. The molecule has 8 heteroatoms. The Morgan fingerprint density at radius 3 is 2.67 bits per heavy atom. The molecule has 2 heterocycles. The number of carbonyl (C=O) groups is 1. The Bertz CT molecular complexity index is 709. The Morgan fingerprint density at radius 2 is 2.00 bits per heavy atom. The lowest BCUT2D eigenvalue weighted by Crippen LogP contribution is -2.33. The molecule has 2 saturated heterocycles. The van der Waals surface area contributed by atoms with Crippen molar-refractivity contribution in [2.45, 2.75) is 43.1 Å². The van der Waals surface area contributed by atoms with Crippen LogP contribution in [-0.4, -0.2) is 53.2 Å². The minimum absolute atomic E-state index is 0.0517. The molecular formula is C19H29N3O4S. The number of carbonyl (C=O) groups excluding carboxylic acids is 1. The van der Waals surface area contributed by atoms with E-state index in [2.05, 4.69) is 15.4 Å². The van der Waals surface area contributed by atoms with Gasteiger partial charge in [-0.15, -0.1) is 0 Å². The van der Waals surface area contributed by atoms with E-state index in [0.717, 1.165) is 32.4 Å². The lowest BCUT2D eigenvalue weighted by atomic mass is 9.96. The second kappa shape index (κ2) is 9.64. The van der Waals surface area contributed by atoms with E-state index in [9.17, 15) is 13.2 Å². The summed E-state index contributed by atoms with van der Waals surface area (Å²) < 4.78 is 32.7. The molecule has 0 bridgehead atoms. The molecule has 2 fully saturated rings. The van der Waals surface area contributed by atoms with Crippen molar-refractivity contribution in [2.24, 2.45) is 5.92 Å². The Hall–Kier alpha value is -1.48. The van der Waals surface area contributed by atoms with Crippen LogP contribution in [0.3, 0.4) is 0 Å². The maximum Gasteiger partial charge on any atom is 0.251 e. The Kier molecular flexibility index (Phi) is 7.23. The average Bonchev–Trinajstić information content (AvgIpc) is 3.21. The monoisotopic (exact) mass is 395 g/mol. The van der Waals surface area contributed by atoms with Gasteiger partial charge in [-0.05, 0) is 75.4 Å². The van der Waals surface area contributed by atoms with E-state index in [4.69, 9.17) is 4.74 Å². The molecule has 0 spiro atoms. The van der Waals surface area contributed by atoms with E-state index in [0.29, 0.717) is 24.6 Å². The third kappa shape index (κ3) is 6.00. The minimum Gasteiger partial charge on any atom is -0.377 e. The summed E-state index contributed by atoms with van der Waals surface area (Å²) in [5, 5.41) is 6.29. The second-order valence-corrected chi connectivity index (χ2v) is 9.04. The molecule has 2 unspecified atom stereocenters. The van der Waals surface area contributed by atoms with Gasteiger partial charge in [0.05, 0.1) is 11.0 Å². The van der Waals surface area contributed by atoms with Crippen LogP contribution in [0.25, 0.3) is 0 Å². The molecule has 0 radical (unpaired) electrons. The molecule has 27 heavy (non-hydrogen) atoms. The summed E-state index contributed by atoms with van der Waals surface area (Å²) in [6, 6.07) is 6.05. The smallest absolute Gasteiger partial charge is 0.251 e. The van der Waals surface area contributed by atoms with E-state index in [1.807, 2.05) is 0 Å². The molecule has 2 aliphatic rings. The molecule has 1 aromatic rings. The summed E-state index contributed by atoms with van der Waals surface area (Å²) >= 11 is 0. The van der Waals surface area contributed by atoms with Crippen LogP contribution in [0.4, 0.5) is 0 Å². The van der Waals surface area contributed by atoms with Gasteiger partial charge in [-0.1, -0.05) is 0 Å². The van der Waals surface area contributed by atoms with Crippen LogP contribution in [0.5, 0.6) is 0 Å². The quantitative estimate of drug-likeness (QED) is 0.616. The van der Waals surface area contributed by atoms with Crippen LogP contribution in [0, 0.1) is 5.92 Å². The zero-order chi connectivity index (χ0) is 19.1. The van der Waals surface area contributed by atoms with E-state index >= 15 is 0 Å². The van der Waals surface area contributed by atoms with Crippen molar-refractivity contribution in [3.8, 4) is 0 Å². The predicted octanol–water partition coefficient (Wildman–Crippen LogP) is 1.26. The van der Waals surface area contributed by atoms with Crippen LogP contribution in [0.2, 0.25) is 0 Å².